The number of halogens is 3. The first kappa shape index (κ1) is 19.5. The summed E-state index contributed by atoms with van der Waals surface area (Å²) in [6.45, 7) is 0.809. The molecule has 0 unspecified atom stereocenters. The molecule has 0 atom stereocenters. The summed E-state index contributed by atoms with van der Waals surface area (Å²) in [5.74, 6) is -1.45. The number of anilines is 1. The summed E-state index contributed by atoms with van der Waals surface area (Å²) in [5, 5.41) is 0. The Hall–Kier alpha value is -2.29. The number of carbonyl (C=O) groups excluding carboxylic acids is 2. The first-order valence-electron chi connectivity index (χ1n) is 8.57. The fourth-order valence-electron chi connectivity index (χ4n) is 3.15. The quantitative estimate of drug-likeness (QED) is 0.554. The summed E-state index contributed by atoms with van der Waals surface area (Å²) >= 11 is 0. The normalized spacial score (nSPS) is 17.5. The lowest BCUT2D eigenvalue weighted by molar-refractivity contribution is -0.138. The van der Waals surface area contributed by atoms with Crippen molar-refractivity contribution in [3.63, 3.8) is 0 Å². The molecule has 27 heavy (non-hydrogen) atoms. The minimum Gasteiger partial charge on any atom is -0.475 e. The fraction of sp³-hybridized carbons (Fsp3) is 0.556. The lowest BCUT2D eigenvalue weighted by atomic mass is 10.0. The maximum Gasteiger partial charge on any atom is 0.417 e. The maximum atomic E-state index is 13.4. The van der Waals surface area contributed by atoms with E-state index in [1.165, 1.54) is 4.90 Å². The van der Waals surface area contributed by atoms with Crippen molar-refractivity contribution in [2.75, 3.05) is 32.3 Å². The van der Waals surface area contributed by atoms with Crippen LogP contribution < -0.4 is 9.64 Å². The number of esters is 1. The van der Waals surface area contributed by atoms with Gasteiger partial charge in [0, 0.05) is 33.1 Å². The molecule has 0 bridgehead atoms. The molecule has 0 aromatic heterocycles. The predicted octanol–water partition coefficient (Wildman–Crippen LogP) is 3.18. The summed E-state index contributed by atoms with van der Waals surface area (Å²) < 4.78 is 55.4. The molecule has 1 amide bonds. The average Bonchev–Trinajstić information content (AvgIpc) is 3.39. The summed E-state index contributed by atoms with van der Waals surface area (Å²) in [6, 6.07) is 1.82. The van der Waals surface area contributed by atoms with Gasteiger partial charge in [0.2, 0.25) is 0 Å². The summed E-state index contributed by atoms with van der Waals surface area (Å²) in [5.41, 5.74) is -2.71. The molecule has 148 valence electrons. The standard InChI is InChI=1S/C18H20F3NO5/c1-25-8-4-3-7-22-13-9-11(15(23)26-2)12(18(19,20)21)10-14(13)27-17(5-6-17)16(22)24/h9-10H,3-8H2,1-2H3. The van der Waals surface area contributed by atoms with Gasteiger partial charge < -0.3 is 19.1 Å². The van der Waals surface area contributed by atoms with Crippen LogP contribution in [-0.4, -0.2) is 44.8 Å². The number of ether oxygens (including phenoxy) is 3. The average molecular weight is 387 g/mol. The monoisotopic (exact) mass is 387 g/mol. The van der Waals surface area contributed by atoms with Gasteiger partial charge in [-0.1, -0.05) is 0 Å². The third kappa shape index (κ3) is 3.60. The van der Waals surface area contributed by atoms with Gasteiger partial charge >= 0.3 is 12.1 Å². The molecular weight excluding hydrogens is 367 g/mol. The second kappa shape index (κ2) is 7.03. The van der Waals surface area contributed by atoms with Crippen LogP contribution in [0.5, 0.6) is 5.75 Å². The predicted molar refractivity (Wildman–Crippen MR) is 88.8 cm³/mol. The van der Waals surface area contributed by atoms with Crippen LogP contribution in [0.25, 0.3) is 0 Å². The Morgan fingerprint density at radius 3 is 2.52 bits per heavy atom. The number of nitrogens with zero attached hydrogens (tertiary/aromatic N) is 1. The van der Waals surface area contributed by atoms with Crippen LogP contribution in [0.4, 0.5) is 18.9 Å². The molecule has 6 nitrogen and oxygen atoms in total. The van der Waals surface area contributed by atoms with Crippen molar-refractivity contribution >= 4 is 17.6 Å². The summed E-state index contributed by atoms with van der Waals surface area (Å²) in [4.78, 5) is 26.1. The highest BCUT2D eigenvalue weighted by molar-refractivity contribution is 6.06. The van der Waals surface area contributed by atoms with Crippen LogP contribution in [0.3, 0.4) is 0 Å². The topological polar surface area (TPSA) is 65.1 Å². The third-order valence-corrected chi connectivity index (χ3v) is 4.73. The second-order valence-electron chi connectivity index (χ2n) is 6.61. The van der Waals surface area contributed by atoms with Crippen molar-refractivity contribution in [2.24, 2.45) is 0 Å². The van der Waals surface area contributed by atoms with E-state index in [4.69, 9.17) is 9.47 Å². The van der Waals surface area contributed by atoms with Gasteiger partial charge in [-0.2, -0.15) is 13.2 Å². The van der Waals surface area contributed by atoms with E-state index < -0.39 is 28.9 Å². The van der Waals surface area contributed by atoms with Gasteiger partial charge in [0.15, 0.2) is 5.60 Å². The molecule has 1 aromatic carbocycles. The van der Waals surface area contributed by atoms with Crippen LogP contribution >= 0.6 is 0 Å². The lowest BCUT2D eigenvalue weighted by Gasteiger charge is -2.35. The van der Waals surface area contributed by atoms with Crippen LogP contribution in [0.2, 0.25) is 0 Å². The van der Waals surface area contributed by atoms with Crippen LogP contribution in [0, 0.1) is 0 Å². The molecule has 1 aliphatic heterocycles. The van der Waals surface area contributed by atoms with Crippen molar-refractivity contribution in [3.05, 3.63) is 23.3 Å². The number of hydrogen-bond donors (Lipinski definition) is 0. The smallest absolute Gasteiger partial charge is 0.417 e. The van der Waals surface area contributed by atoms with E-state index in [0.717, 1.165) is 19.2 Å². The van der Waals surface area contributed by atoms with E-state index in [-0.39, 0.29) is 17.3 Å². The van der Waals surface area contributed by atoms with Crippen molar-refractivity contribution in [1.82, 2.24) is 0 Å². The van der Waals surface area contributed by atoms with E-state index in [1.54, 1.807) is 7.11 Å². The zero-order valence-corrected chi connectivity index (χ0v) is 15.0. The highest BCUT2D eigenvalue weighted by atomic mass is 19.4. The molecule has 1 saturated carbocycles. The highest BCUT2D eigenvalue weighted by Crippen LogP contribution is 2.51. The van der Waals surface area contributed by atoms with Gasteiger partial charge in [-0.25, -0.2) is 4.79 Å². The van der Waals surface area contributed by atoms with E-state index in [1.807, 2.05) is 0 Å². The molecule has 1 aromatic rings. The highest BCUT2D eigenvalue weighted by Gasteiger charge is 2.58. The minimum absolute atomic E-state index is 0.0428. The van der Waals surface area contributed by atoms with E-state index >= 15 is 0 Å². The van der Waals surface area contributed by atoms with Crippen LogP contribution in [-0.2, 0) is 20.4 Å². The molecule has 0 N–H and O–H groups in total. The summed E-state index contributed by atoms with van der Waals surface area (Å²) in [7, 11) is 2.57. The molecule has 1 aliphatic carbocycles. The molecule has 1 fully saturated rings. The van der Waals surface area contributed by atoms with Gasteiger partial charge in [0.1, 0.15) is 5.75 Å². The molecule has 0 saturated heterocycles. The van der Waals surface area contributed by atoms with Crippen molar-refractivity contribution in [3.8, 4) is 5.75 Å². The Bertz CT molecular complexity index is 758. The number of fused-ring (bicyclic) bond motifs is 1. The van der Waals surface area contributed by atoms with Gasteiger partial charge in [0.25, 0.3) is 5.91 Å². The summed E-state index contributed by atoms with van der Waals surface area (Å²) in [6.07, 6.45) is -2.55. The number of unbranched alkanes of at least 4 members (excludes halogenated alkanes) is 1. The van der Waals surface area contributed by atoms with Crippen molar-refractivity contribution in [2.45, 2.75) is 37.5 Å². The first-order valence-corrected chi connectivity index (χ1v) is 8.57. The molecule has 9 heteroatoms. The van der Waals surface area contributed by atoms with Crippen LogP contribution in [0.15, 0.2) is 12.1 Å². The molecule has 1 heterocycles. The third-order valence-electron chi connectivity index (χ3n) is 4.73. The largest absolute Gasteiger partial charge is 0.475 e. The number of carbonyl (C=O) groups is 2. The lowest BCUT2D eigenvalue weighted by Crippen LogP contribution is -2.48. The van der Waals surface area contributed by atoms with Gasteiger partial charge in [0.05, 0.1) is 23.9 Å². The Balaban J connectivity index is 2.04. The number of methoxy groups -OCH3 is 2. The van der Waals surface area contributed by atoms with E-state index in [2.05, 4.69) is 4.74 Å². The number of hydrogen-bond acceptors (Lipinski definition) is 5. The molecule has 1 spiro atoms. The molecule has 0 radical (unpaired) electrons. The minimum atomic E-state index is -4.76. The number of amides is 1. The van der Waals surface area contributed by atoms with Crippen LogP contribution in [0.1, 0.15) is 41.6 Å². The van der Waals surface area contributed by atoms with Gasteiger partial charge in [-0.15, -0.1) is 0 Å². The SMILES string of the molecule is COCCCCN1C(=O)C2(CC2)Oc2cc(C(F)(F)F)c(C(=O)OC)cc21. The van der Waals surface area contributed by atoms with Gasteiger partial charge in [-0.05, 0) is 25.0 Å². The molecular formula is C18H20F3NO5. The maximum absolute atomic E-state index is 13.4. The molecule has 3 rings (SSSR count). The molecule has 2 aliphatic rings. The Morgan fingerprint density at radius 2 is 1.96 bits per heavy atom. The van der Waals surface area contributed by atoms with Gasteiger partial charge in [-0.3, -0.25) is 4.79 Å². The van der Waals surface area contributed by atoms with Crippen molar-refractivity contribution < 1.29 is 37.0 Å². The Labute approximate surface area is 154 Å². The number of benzene rings is 1. The van der Waals surface area contributed by atoms with E-state index in [0.29, 0.717) is 38.8 Å². The first-order chi connectivity index (χ1) is 12.7. The Morgan fingerprint density at radius 1 is 1.26 bits per heavy atom. The second-order valence-corrected chi connectivity index (χ2v) is 6.61. The number of alkyl halides is 3. The van der Waals surface area contributed by atoms with Crippen molar-refractivity contribution in [1.29, 1.82) is 0 Å². The zero-order valence-electron chi connectivity index (χ0n) is 15.0. The number of rotatable bonds is 6. The Kier molecular flexibility index (Phi) is 5.07. The van der Waals surface area contributed by atoms with E-state index in [9.17, 15) is 22.8 Å². The zero-order chi connectivity index (χ0) is 19.8. The fourth-order valence-corrected chi connectivity index (χ4v) is 3.15.